The molecule has 27 heavy (non-hydrogen) atoms. The average molecular weight is 377 g/mol. The van der Waals surface area contributed by atoms with Crippen LogP contribution >= 0.6 is 0 Å². The van der Waals surface area contributed by atoms with E-state index in [0.29, 0.717) is 5.92 Å². The standard InChI is InChI=1S/C19H27N3O5/c1-12(2)27-18(25)14-8-9-22(17(24)10-14)11-16(23)21-19(26)20-15-7-5-4-6-13(15)3/h8-10,12-13,15H,4-7,11H2,1-3H3,(H2,20,21,23,26). The Bertz CT molecular complexity index is 756. The molecule has 8 nitrogen and oxygen atoms in total. The SMILES string of the molecule is CC(C)OC(=O)c1ccn(CC(=O)NC(=O)NC2CCCCC2C)c(=O)c1. The Morgan fingerprint density at radius 2 is 1.96 bits per heavy atom. The van der Waals surface area contributed by atoms with Gasteiger partial charge in [0.2, 0.25) is 5.91 Å². The average Bonchev–Trinajstić information content (AvgIpc) is 2.58. The molecule has 0 bridgehead atoms. The molecule has 3 amide bonds. The Morgan fingerprint density at radius 1 is 1.26 bits per heavy atom. The third-order valence-corrected chi connectivity index (χ3v) is 4.57. The maximum atomic E-state index is 12.1. The fourth-order valence-corrected chi connectivity index (χ4v) is 3.10. The van der Waals surface area contributed by atoms with E-state index >= 15 is 0 Å². The van der Waals surface area contributed by atoms with Gasteiger partial charge < -0.3 is 14.6 Å². The lowest BCUT2D eigenvalue weighted by atomic mass is 9.86. The summed E-state index contributed by atoms with van der Waals surface area (Å²) in [6, 6.07) is 2.02. The van der Waals surface area contributed by atoms with E-state index < -0.39 is 23.5 Å². The number of pyridine rings is 1. The van der Waals surface area contributed by atoms with Gasteiger partial charge in [0.25, 0.3) is 5.56 Å². The predicted octanol–water partition coefficient (Wildman–Crippen LogP) is 1.82. The van der Waals surface area contributed by atoms with Crippen molar-refractivity contribution in [1.82, 2.24) is 15.2 Å². The van der Waals surface area contributed by atoms with Crippen molar-refractivity contribution in [2.24, 2.45) is 5.92 Å². The zero-order valence-electron chi connectivity index (χ0n) is 16.0. The summed E-state index contributed by atoms with van der Waals surface area (Å²) in [5.41, 5.74) is -0.404. The summed E-state index contributed by atoms with van der Waals surface area (Å²) in [7, 11) is 0. The number of rotatable bonds is 5. The van der Waals surface area contributed by atoms with Crippen molar-refractivity contribution >= 4 is 17.9 Å². The van der Waals surface area contributed by atoms with Crippen molar-refractivity contribution < 1.29 is 19.1 Å². The summed E-state index contributed by atoms with van der Waals surface area (Å²) in [6.07, 6.45) is 5.21. The molecule has 0 saturated heterocycles. The van der Waals surface area contributed by atoms with Gasteiger partial charge in [-0.15, -0.1) is 0 Å². The zero-order valence-corrected chi connectivity index (χ0v) is 16.0. The normalized spacial score (nSPS) is 19.4. The number of hydrogen-bond donors (Lipinski definition) is 2. The first-order valence-electron chi connectivity index (χ1n) is 9.28. The Hall–Kier alpha value is -2.64. The largest absolute Gasteiger partial charge is 0.459 e. The molecule has 0 radical (unpaired) electrons. The molecule has 1 saturated carbocycles. The Balaban J connectivity index is 1.90. The highest BCUT2D eigenvalue weighted by Crippen LogP contribution is 2.23. The molecular formula is C19H27N3O5. The molecule has 0 aliphatic heterocycles. The number of ether oxygens (including phenoxy) is 1. The quantitative estimate of drug-likeness (QED) is 0.761. The van der Waals surface area contributed by atoms with Gasteiger partial charge in [-0.3, -0.25) is 14.9 Å². The number of hydrogen-bond acceptors (Lipinski definition) is 5. The smallest absolute Gasteiger partial charge is 0.338 e. The van der Waals surface area contributed by atoms with Crippen LogP contribution in [0.3, 0.4) is 0 Å². The first kappa shape index (κ1) is 20.7. The van der Waals surface area contributed by atoms with Gasteiger partial charge in [0.15, 0.2) is 0 Å². The van der Waals surface area contributed by atoms with E-state index in [1.165, 1.54) is 12.3 Å². The minimum absolute atomic E-state index is 0.0560. The second-order valence-electron chi connectivity index (χ2n) is 7.23. The van der Waals surface area contributed by atoms with Crippen LogP contribution in [0.15, 0.2) is 23.1 Å². The number of imide groups is 1. The van der Waals surface area contributed by atoms with Crippen molar-refractivity contribution in [1.29, 1.82) is 0 Å². The highest BCUT2D eigenvalue weighted by atomic mass is 16.5. The van der Waals surface area contributed by atoms with E-state index in [9.17, 15) is 19.2 Å². The molecule has 1 aliphatic carbocycles. The van der Waals surface area contributed by atoms with Crippen LogP contribution in [0.5, 0.6) is 0 Å². The molecule has 8 heteroatoms. The summed E-state index contributed by atoms with van der Waals surface area (Å²) < 4.78 is 6.15. The lowest BCUT2D eigenvalue weighted by Crippen LogP contribution is -2.48. The Morgan fingerprint density at radius 3 is 2.59 bits per heavy atom. The molecule has 0 spiro atoms. The van der Waals surface area contributed by atoms with E-state index in [4.69, 9.17) is 4.74 Å². The summed E-state index contributed by atoms with van der Waals surface area (Å²) in [5, 5.41) is 5.07. The molecule has 2 unspecified atom stereocenters. The van der Waals surface area contributed by atoms with E-state index in [1.807, 2.05) is 0 Å². The number of carbonyl (C=O) groups excluding carboxylic acids is 3. The fourth-order valence-electron chi connectivity index (χ4n) is 3.10. The molecule has 1 aliphatic rings. The molecule has 1 aromatic heterocycles. The van der Waals surface area contributed by atoms with Crippen LogP contribution in [0.4, 0.5) is 4.79 Å². The highest BCUT2D eigenvalue weighted by Gasteiger charge is 2.23. The topological polar surface area (TPSA) is 106 Å². The number of esters is 1. The van der Waals surface area contributed by atoms with E-state index in [-0.39, 0.29) is 24.3 Å². The fraction of sp³-hybridized carbons (Fsp3) is 0.579. The van der Waals surface area contributed by atoms with Crippen LogP contribution in [-0.4, -0.2) is 34.6 Å². The second kappa shape index (κ2) is 9.34. The number of urea groups is 1. The molecule has 2 N–H and O–H groups in total. The predicted molar refractivity (Wildman–Crippen MR) is 99.3 cm³/mol. The maximum Gasteiger partial charge on any atom is 0.338 e. The summed E-state index contributed by atoms with van der Waals surface area (Å²) in [5.74, 6) is -0.824. The van der Waals surface area contributed by atoms with E-state index in [1.54, 1.807) is 13.8 Å². The lowest BCUT2D eigenvalue weighted by molar-refractivity contribution is -0.120. The third kappa shape index (κ3) is 6.23. The Kier molecular flexibility index (Phi) is 7.15. The highest BCUT2D eigenvalue weighted by molar-refractivity contribution is 5.94. The minimum Gasteiger partial charge on any atom is -0.459 e. The van der Waals surface area contributed by atoms with Crippen LogP contribution in [0, 0.1) is 5.92 Å². The second-order valence-corrected chi connectivity index (χ2v) is 7.23. The molecule has 0 aromatic carbocycles. The lowest BCUT2D eigenvalue weighted by Gasteiger charge is -2.29. The third-order valence-electron chi connectivity index (χ3n) is 4.57. The number of amides is 3. The number of carbonyl (C=O) groups is 3. The van der Waals surface area contributed by atoms with Gasteiger partial charge in [-0.2, -0.15) is 0 Å². The number of nitrogens with one attached hydrogen (secondary N) is 2. The molecule has 1 heterocycles. The molecule has 1 fully saturated rings. The van der Waals surface area contributed by atoms with Crippen molar-refractivity contribution in [2.75, 3.05) is 0 Å². The first-order valence-corrected chi connectivity index (χ1v) is 9.28. The summed E-state index contributed by atoms with van der Waals surface area (Å²) in [4.78, 5) is 47.9. The van der Waals surface area contributed by atoms with Crippen LogP contribution in [0.1, 0.15) is 56.8 Å². The van der Waals surface area contributed by atoms with Crippen molar-refractivity contribution in [3.63, 3.8) is 0 Å². The molecule has 2 rings (SSSR count). The Labute approximate surface area is 158 Å². The maximum absolute atomic E-state index is 12.1. The van der Waals surface area contributed by atoms with Crippen molar-refractivity contribution in [3.05, 3.63) is 34.2 Å². The van der Waals surface area contributed by atoms with E-state index in [0.717, 1.165) is 36.3 Å². The number of aromatic nitrogens is 1. The molecular weight excluding hydrogens is 350 g/mol. The summed E-state index contributed by atoms with van der Waals surface area (Å²) in [6.45, 7) is 5.19. The van der Waals surface area contributed by atoms with Crippen molar-refractivity contribution in [2.45, 2.75) is 65.1 Å². The van der Waals surface area contributed by atoms with Gasteiger partial charge in [0, 0.05) is 18.3 Å². The minimum atomic E-state index is -0.601. The van der Waals surface area contributed by atoms with Gasteiger partial charge in [-0.05, 0) is 38.7 Å². The molecule has 1 aromatic rings. The number of nitrogens with zero attached hydrogens (tertiary/aromatic N) is 1. The van der Waals surface area contributed by atoms with Crippen LogP contribution in [-0.2, 0) is 16.1 Å². The van der Waals surface area contributed by atoms with Gasteiger partial charge in [0.1, 0.15) is 6.54 Å². The van der Waals surface area contributed by atoms with Gasteiger partial charge in [-0.25, -0.2) is 9.59 Å². The molecule has 148 valence electrons. The van der Waals surface area contributed by atoms with Crippen LogP contribution < -0.4 is 16.2 Å². The first-order chi connectivity index (χ1) is 12.8. The van der Waals surface area contributed by atoms with E-state index in [2.05, 4.69) is 17.6 Å². The van der Waals surface area contributed by atoms with Gasteiger partial charge >= 0.3 is 12.0 Å². The van der Waals surface area contributed by atoms with Gasteiger partial charge in [-0.1, -0.05) is 19.8 Å². The van der Waals surface area contributed by atoms with Crippen LogP contribution in [0.25, 0.3) is 0 Å². The van der Waals surface area contributed by atoms with Crippen LogP contribution in [0.2, 0.25) is 0 Å². The van der Waals surface area contributed by atoms with Crippen molar-refractivity contribution in [3.8, 4) is 0 Å². The zero-order chi connectivity index (χ0) is 20.0. The summed E-state index contributed by atoms with van der Waals surface area (Å²) >= 11 is 0. The van der Waals surface area contributed by atoms with Gasteiger partial charge in [0.05, 0.1) is 11.7 Å². The molecule has 2 atom stereocenters. The monoisotopic (exact) mass is 377 g/mol.